The molecule has 0 fully saturated rings. The maximum atomic E-state index is 11.9. The van der Waals surface area contributed by atoms with Gasteiger partial charge < -0.3 is 11.1 Å². The molecule has 0 spiro atoms. The van der Waals surface area contributed by atoms with Gasteiger partial charge in [0, 0.05) is 23.5 Å². The van der Waals surface area contributed by atoms with Crippen LogP contribution < -0.4 is 11.1 Å². The summed E-state index contributed by atoms with van der Waals surface area (Å²) in [5.41, 5.74) is 7.34. The number of benzene rings is 1. The van der Waals surface area contributed by atoms with Crippen LogP contribution in [0.4, 0.5) is 5.69 Å². The van der Waals surface area contributed by atoms with E-state index in [1.165, 1.54) is 0 Å². The van der Waals surface area contributed by atoms with Crippen molar-refractivity contribution in [1.29, 1.82) is 0 Å². The summed E-state index contributed by atoms with van der Waals surface area (Å²) in [5, 5.41) is 3.29. The van der Waals surface area contributed by atoms with Gasteiger partial charge in [-0.1, -0.05) is 17.7 Å². The van der Waals surface area contributed by atoms with Gasteiger partial charge in [0.1, 0.15) is 5.69 Å². The third-order valence-corrected chi connectivity index (χ3v) is 2.61. The fraction of sp³-hybridized carbons (Fsp3) is 0.0769. The average molecular weight is 262 g/mol. The van der Waals surface area contributed by atoms with E-state index < -0.39 is 0 Å². The molecule has 0 aliphatic rings. The molecule has 3 N–H and O–H groups in total. The third kappa shape index (κ3) is 3.06. The Balaban J connectivity index is 2.16. The zero-order chi connectivity index (χ0) is 13.0. The number of rotatable bonds is 3. The summed E-state index contributed by atoms with van der Waals surface area (Å²) in [7, 11) is 0. The highest BCUT2D eigenvalue weighted by Gasteiger charge is 2.08. The molecule has 0 saturated carbocycles. The quantitative estimate of drug-likeness (QED) is 0.892. The molecular formula is C13H12ClN3O. The van der Waals surface area contributed by atoms with Crippen molar-refractivity contribution >= 4 is 23.2 Å². The predicted octanol–water partition coefficient (Wildman–Crippen LogP) is 2.45. The number of pyridine rings is 1. The molecule has 18 heavy (non-hydrogen) atoms. The lowest BCUT2D eigenvalue weighted by atomic mass is 10.2. The molecule has 1 aromatic carbocycles. The SMILES string of the molecule is NCc1ccnc(C(=O)Nc2cccc(Cl)c2)c1. The van der Waals surface area contributed by atoms with Crippen LogP contribution in [0.3, 0.4) is 0 Å². The van der Waals surface area contributed by atoms with Crippen molar-refractivity contribution in [1.82, 2.24) is 4.98 Å². The van der Waals surface area contributed by atoms with Crippen molar-refractivity contribution in [3.05, 3.63) is 58.9 Å². The Hall–Kier alpha value is -1.91. The van der Waals surface area contributed by atoms with Crippen LogP contribution in [0.5, 0.6) is 0 Å². The van der Waals surface area contributed by atoms with E-state index in [0.29, 0.717) is 22.9 Å². The number of nitrogens with zero attached hydrogens (tertiary/aromatic N) is 1. The van der Waals surface area contributed by atoms with E-state index in [1.54, 1.807) is 42.6 Å². The molecule has 1 aromatic heterocycles. The van der Waals surface area contributed by atoms with Gasteiger partial charge in [0.15, 0.2) is 0 Å². The lowest BCUT2D eigenvalue weighted by Crippen LogP contribution is -2.14. The van der Waals surface area contributed by atoms with E-state index >= 15 is 0 Å². The minimum Gasteiger partial charge on any atom is -0.326 e. The summed E-state index contributed by atoms with van der Waals surface area (Å²) in [5.74, 6) is -0.285. The fourth-order valence-corrected chi connectivity index (χ4v) is 1.68. The number of anilines is 1. The molecule has 0 atom stereocenters. The van der Waals surface area contributed by atoms with Gasteiger partial charge in [-0.2, -0.15) is 0 Å². The first-order valence-electron chi connectivity index (χ1n) is 5.41. The second-order valence-electron chi connectivity index (χ2n) is 3.72. The summed E-state index contributed by atoms with van der Waals surface area (Å²) >= 11 is 5.84. The summed E-state index contributed by atoms with van der Waals surface area (Å²) in [6.45, 7) is 0.375. The first-order chi connectivity index (χ1) is 8.69. The molecule has 0 bridgehead atoms. The number of aromatic nitrogens is 1. The van der Waals surface area contributed by atoms with Crippen LogP contribution in [0.2, 0.25) is 5.02 Å². The minimum absolute atomic E-state index is 0.285. The number of carbonyl (C=O) groups is 1. The van der Waals surface area contributed by atoms with Crippen LogP contribution >= 0.6 is 11.6 Å². The van der Waals surface area contributed by atoms with E-state index in [-0.39, 0.29) is 5.91 Å². The third-order valence-electron chi connectivity index (χ3n) is 2.38. The van der Waals surface area contributed by atoms with Crippen molar-refractivity contribution in [3.8, 4) is 0 Å². The van der Waals surface area contributed by atoms with Gasteiger partial charge in [-0.05, 0) is 35.9 Å². The summed E-state index contributed by atoms with van der Waals surface area (Å²) in [6, 6.07) is 10.4. The van der Waals surface area contributed by atoms with Crippen molar-refractivity contribution < 1.29 is 4.79 Å². The first-order valence-corrected chi connectivity index (χ1v) is 5.79. The molecule has 2 rings (SSSR count). The molecule has 0 radical (unpaired) electrons. The Kier molecular flexibility index (Phi) is 3.92. The standard InChI is InChI=1S/C13H12ClN3O/c14-10-2-1-3-11(7-10)17-13(18)12-6-9(8-15)4-5-16-12/h1-7H,8,15H2,(H,17,18). The maximum absolute atomic E-state index is 11.9. The number of nitrogens with one attached hydrogen (secondary N) is 1. The van der Waals surface area contributed by atoms with Crippen molar-refractivity contribution in [3.63, 3.8) is 0 Å². The van der Waals surface area contributed by atoms with Gasteiger partial charge in [-0.15, -0.1) is 0 Å². The zero-order valence-corrected chi connectivity index (χ0v) is 10.3. The Morgan fingerprint density at radius 3 is 2.89 bits per heavy atom. The van der Waals surface area contributed by atoms with Gasteiger partial charge in [0.2, 0.25) is 0 Å². The van der Waals surface area contributed by atoms with Gasteiger partial charge in [-0.25, -0.2) is 0 Å². The van der Waals surface area contributed by atoms with Crippen LogP contribution in [-0.2, 0) is 6.54 Å². The Labute approximate surface area is 110 Å². The number of carbonyl (C=O) groups excluding carboxylic acids is 1. The summed E-state index contributed by atoms with van der Waals surface area (Å²) < 4.78 is 0. The summed E-state index contributed by atoms with van der Waals surface area (Å²) in [4.78, 5) is 15.9. The van der Waals surface area contributed by atoms with E-state index in [4.69, 9.17) is 17.3 Å². The largest absolute Gasteiger partial charge is 0.326 e. The number of nitrogens with two attached hydrogens (primary N) is 1. The lowest BCUT2D eigenvalue weighted by Gasteiger charge is -2.05. The molecule has 2 aromatic rings. The van der Waals surface area contributed by atoms with E-state index in [9.17, 15) is 4.79 Å². The maximum Gasteiger partial charge on any atom is 0.274 e. The predicted molar refractivity (Wildman–Crippen MR) is 71.5 cm³/mol. The van der Waals surface area contributed by atoms with Crippen molar-refractivity contribution in [2.24, 2.45) is 5.73 Å². The summed E-state index contributed by atoms with van der Waals surface area (Å²) in [6.07, 6.45) is 1.56. The Morgan fingerprint density at radius 1 is 1.33 bits per heavy atom. The van der Waals surface area contributed by atoms with E-state index in [1.807, 2.05) is 0 Å². The number of hydrogen-bond acceptors (Lipinski definition) is 3. The lowest BCUT2D eigenvalue weighted by molar-refractivity contribution is 0.102. The normalized spacial score (nSPS) is 10.1. The van der Waals surface area contributed by atoms with E-state index in [2.05, 4.69) is 10.3 Å². The second-order valence-corrected chi connectivity index (χ2v) is 4.15. The minimum atomic E-state index is -0.285. The number of halogens is 1. The van der Waals surface area contributed by atoms with Crippen molar-refractivity contribution in [2.45, 2.75) is 6.54 Å². The molecule has 4 nitrogen and oxygen atoms in total. The highest BCUT2D eigenvalue weighted by Crippen LogP contribution is 2.15. The van der Waals surface area contributed by atoms with Gasteiger partial charge in [-0.3, -0.25) is 9.78 Å². The monoisotopic (exact) mass is 261 g/mol. The Bertz CT molecular complexity index is 572. The molecular weight excluding hydrogens is 250 g/mol. The number of amides is 1. The molecule has 0 unspecified atom stereocenters. The molecule has 1 amide bonds. The second kappa shape index (κ2) is 5.62. The smallest absolute Gasteiger partial charge is 0.274 e. The molecule has 0 saturated heterocycles. The molecule has 0 aliphatic carbocycles. The topological polar surface area (TPSA) is 68.0 Å². The van der Waals surface area contributed by atoms with Gasteiger partial charge in [0.25, 0.3) is 5.91 Å². The van der Waals surface area contributed by atoms with Crippen molar-refractivity contribution in [2.75, 3.05) is 5.32 Å². The van der Waals surface area contributed by atoms with E-state index in [0.717, 1.165) is 5.56 Å². The number of hydrogen-bond donors (Lipinski definition) is 2. The fourth-order valence-electron chi connectivity index (χ4n) is 1.49. The Morgan fingerprint density at radius 2 is 2.17 bits per heavy atom. The van der Waals surface area contributed by atoms with Gasteiger partial charge >= 0.3 is 0 Å². The highest BCUT2D eigenvalue weighted by atomic mass is 35.5. The molecule has 1 heterocycles. The van der Waals surface area contributed by atoms with Crippen LogP contribution in [0.1, 0.15) is 16.1 Å². The average Bonchev–Trinajstić information content (AvgIpc) is 2.39. The molecule has 0 aliphatic heterocycles. The van der Waals surface area contributed by atoms with Crippen LogP contribution in [0, 0.1) is 0 Å². The van der Waals surface area contributed by atoms with Crippen LogP contribution in [0.25, 0.3) is 0 Å². The van der Waals surface area contributed by atoms with Gasteiger partial charge in [0.05, 0.1) is 0 Å². The zero-order valence-electron chi connectivity index (χ0n) is 9.56. The molecule has 92 valence electrons. The first kappa shape index (κ1) is 12.5. The molecule has 5 heteroatoms. The highest BCUT2D eigenvalue weighted by molar-refractivity contribution is 6.30. The van der Waals surface area contributed by atoms with Crippen LogP contribution in [0.15, 0.2) is 42.6 Å². The van der Waals surface area contributed by atoms with Crippen LogP contribution in [-0.4, -0.2) is 10.9 Å².